The number of nitriles is 1. The monoisotopic (exact) mass is 501 g/mol. The van der Waals surface area contributed by atoms with Gasteiger partial charge in [-0.25, -0.2) is 9.97 Å². The van der Waals surface area contributed by atoms with Crippen molar-refractivity contribution in [3.05, 3.63) is 47.9 Å². The fourth-order valence-electron chi connectivity index (χ4n) is 4.75. The zero-order chi connectivity index (χ0) is 25.6. The van der Waals surface area contributed by atoms with Gasteiger partial charge in [-0.3, -0.25) is 4.98 Å². The first kappa shape index (κ1) is 24.9. The van der Waals surface area contributed by atoms with E-state index in [-0.39, 0.29) is 6.10 Å². The Kier molecular flexibility index (Phi) is 7.73. The van der Waals surface area contributed by atoms with Crippen LogP contribution in [0.5, 0.6) is 11.6 Å². The first-order valence-corrected chi connectivity index (χ1v) is 12.6. The largest absolute Gasteiger partial charge is 0.487 e. The van der Waals surface area contributed by atoms with E-state index >= 15 is 0 Å². The van der Waals surface area contributed by atoms with Crippen molar-refractivity contribution < 1.29 is 14.2 Å². The Morgan fingerprint density at radius 3 is 2.57 bits per heavy atom. The van der Waals surface area contributed by atoms with Gasteiger partial charge in [0, 0.05) is 24.5 Å². The van der Waals surface area contributed by atoms with Crippen molar-refractivity contribution in [2.75, 3.05) is 45.8 Å². The SMILES string of the molecule is COc1nc(Nc2cc(-c3cc(C#N)c(OC4CCOCC4)cn3)ncn2)ccc1C1CCN(C)CC1. The van der Waals surface area contributed by atoms with Gasteiger partial charge in [-0.05, 0) is 57.1 Å². The molecule has 3 aromatic rings. The average molecular weight is 502 g/mol. The number of pyridine rings is 2. The molecule has 0 aromatic carbocycles. The van der Waals surface area contributed by atoms with Crippen LogP contribution in [0.25, 0.3) is 11.4 Å². The number of methoxy groups -OCH3 is 1. The van der Waals surface area contributed by atoms with Gasteiger partial charge in [0.05, 0.1) is 43.5 Å². The molecule has 2 saturated heterocycles. The normalized spacial score (nSPS) is 17.2. The van der Waals surface area contributed by atoms with Crippen molar-refractivity contribution in [2.45, 2.75) is 37.7 Å². The van der Waals surface area contributed by atoms with Crippen LogP contribution in [-0.2, 0) is 4.74 Å². The second-order valence-corrected chi connectivity index (χ2v) is 9.39. The summed E-state index contributed by atoms with van der Waals surface area (Å²) in [6.07, 6.45) is 6.85. The molecule has 5 heterocycles. The molecule has 192 valence electrons. The van der Waals surface area contributed by atoms with Crippen molar-refractivity contribution in [3.63, 3.8) is 0 Å². The second-order valence-electron chi connectivity index (χ2n) is 9.39. The third kappa shape index (κ3) is 5.96. The molecule has 0 aliphatic carbocycles. The van der Waals surface area contributed by atoms with Crippen LogP contribution in [0.2, 0.25) is 0 Å². The molecule has 37 heavy (non-hydrogen) atoms. The maximum absolute atomic E-state index is 9.70. The number of aromatic nitrogens is 4. The van der Waals surface area contributed by atoms with Gasteiger partial charge >= 0.3 is 0 Å². The van der Waals surface area contributed by atoms with Crippen molar-refractivity contribution in [1.29, 1.82) is 5.26 Å². The number of likely N-dealkylation sites (tertiary alicyclic amines) is 1. The minimum atomic E-state index is 0.0266. The number of ether oxygens (including phenoxy) is 3. The third-order valence-corrected chi connectivity index (χ3v) is 6.88. The maximum Gasteiger partial charge on any atom is 0.218 e. The van der Waals surface area contributed by atoms with Crippen LogP contribution in [0.1, 0.15) is 42.7 Å². The summed E-state index contributed by atoms with van der Waals surface area (Å²) < 4.78 is 17.0. The van der Waals surface area contributed by atoms with Crippen molar-refractivity contribution in [2.24, 2.45) is 0 Å². The molecule has 0 unspecified atom stereocenters. The fourth-order valence-corrected chi connectivity index (χ4v) is 4.75. The summed E-state index contributed by atoms with van der Waals surface area (Å²) in [4.78, 5) is 20.2. The van der Waals surface area contributed by atoms with E-state index in [0.717, 1.165) is 44.3 Å². The molecule has 2 fully saturated rings. The Balaban J connectivity index is 1.32. The molecule has 0 saturated carbocycles. The molecule has 0 atom stereocenters. The van der Waals surface area contributed by atoms with Gasteiger partial charge in [-0.15, -0.1) is 0 Å². The van der Waals surface area contributed by atoms with Gasteiger partial charge in [-0.1, -0.05) is 0 Å². The van der Waals surface area contributed by atoms with Crippen LogP contribution in [0, 0.1) is 11.3 Å². The summed E-state index contributed by atoms with van der Waals surface area (Å²) in [6, 6.07) is 9.73. The lowest BCUT2D eigenvalue weighted by Gasteiger charge is -2.29. The first-order chi connectivity index (χ1) is 18.1. The van der Waals surface area contributed by atoms with Crippen LogP contribution in [0.15, 0.2) is 36.8 Å². The Bertz CT molecular complexity index is 1270. The lowest BCUT2D eigenvalue weighted by Crippen LogP contribution is -2.29. The lowest BCUT2D eigenvalue weighted by atomic mass is 9.90. The molecule has 0 spiro atoms. The Labute approximate surface area is 216 Å². The highest BCUT2D eigenvalue weighted by molar-refractivity contribution is 5.64. The first-order valence-electron chi connectivity index (χ1n) is 12.6. The fraction of sp³-hybridized carbons (Fsp3) is 0.444. The molecule has 2 aliphatic heterocycles. The highest BCUT2D eigenvalue weighted by Gasteiger charge is 2.23. The van der Waals surface area contributed by atoms with Gasteiger partial charge in [-0.2, -0.15) is 10.2 Å². The smallest absolute Gasteiger partial charge is 0.218 e. The molecular formula is C27H31N7O3. The zero-order valence-electron chi connectivity index (χ0n) is 21.2. The molecular weight excluding hydrogens is 470 g/mol. The van der Waals surface area contributed by atoms with Gasteiger partial charge in [0.2, 0.25) is 5.88 Å². The van der Waals surface area contributed by atoms with Crippen molar-refractivity contribution in [1.82, 2.24) is 24.8 Å². The minimum Gasteiger partial charge on any atom is -0.487 e. The summed E-state index contributed by atoms with van der Waals surface area (Å²) >= 11 is 0. The Morgan fingerprint density at radius 2 is 1.81 bits per heavy atom. The van der Waals surface area contributed by atoms with Crippen LogP contribution < -0.4 is 14.8 Å². The van der Waals surface area contributed by atoms with Crippen molar-refractivity contribution in [3.8, 4) is 29.1 Å². The highest BCUT2D eigenvalue weighted by atomic mass is 16.5. The van der Waals surface area contributed by atoms with Crippen LogP contribution >= 0.6 is 0 Å². The molecule has 0 amide bonds. The number of piperidine rings is 1. The summed E-state index contributed by atoms with van der Waals surface area (Å²) in [6.45, 7) is 3.47. The molecule has 5 rings (SSSR count). The van der Waals surface area contributed by atoms with Crippen LogP contribution in [-0.4, -0.2) is 71.4 Å². The van der Waals surface area contributed by atoms with Gasteiger partial charge in [0.1, 0.15) is 30.1 Å². The summed E-state index contributed by atoms with van der Waals surface area (Å²) in [5.74, 6) is 2.75. The maximum atomic E-state index is 9.70. The third-order valence-electron chi connectivity index (χ3n) is 6.88. The quantitative estimate of drug-likeness (QED) is 0.510. The highest BCUT2D eigenvalue weighted by Crippen LogP contribution is 2.34. The zero-order valence-corrected chi connectivity index (χ0v) is 21.2. The molecule has 10 heteroatoms. The molecule has 0 radical (unpaired) electrons. The summed E-state index contributed by atoms with van der Waals surface area (Å²) in [7, 11) is 3.81. The summed E-state index contributed by atoms with van der Waals surface area (Å²) in [5.41, 5.74) is 2.70. The number of nitrogens with one attached hydrogen (secondary N) is 1. The summed E-state index contributed by atoms with van der Waals surface area (Å²) in [5, 5.41) is 12.9. The van der Waals surface area contributed by atoms with E-state index in [4.69, 9.17) is 14.2 Å². The number of rotatable bonds is 7. The number of nitrogens with zero attached hydrogens (tertiary/aromatic N) is 6. The predicted octanol–water partition coefficient (Wildman–Crippen LogP) is 3.92. The molecule has 1 N–H and O–H groups in total. The standard InChI is InChI=1S/C27H31N7O3/c1-34-9-5-18(6-10-34)21-3-4-25(33-27(21)35-2)32-26-14-23(30-17-31-26)22-13-19(15-28)24(16-29-22)37-20-7-11-36-12-8-20/h3-4,13-14,16-18,20H,5-12H2,1-2H3,(H,30,31,32,33). The van der Waals surface area contributed by atoms with E-state index in [1.165, 1.54) is 6.33 Å². The minimum absolute atomic E-state index is 0.0266. The molecule has 2 aliphatic rings. The second kappa shape index (κ2) is 11.5. The number of hydrogen-bond acceptors (Lipinski definition) is 10. The molecule has 3 aromatic heterocycles. The Morgan fingerprint density at radius 1 is 1.03 bits per heavy atom. The predicted molar refractivity (Wildman–Crippen MR) is 138 cm³/mol. The van der Waals surface area contributed by atoms with Crippen molar-refractivity contribution >= 4 is 11.6 Å². The van der Waals surface area contributed by atoms with E-state index in [1.807, 2.05) is 6.07 Å². The van der Waals surface area contributed by atoms with Crippen LogP contribution in [0.4, 0.5) is 11.6 Å². The van der Waals surface area contributed by atoms with Crippen LogP contribution in [0.3, 0.4) is 0 Å². The average Bonchev–Trinajstić information content (AvgIpc) is 2.94. The lowest BCUT2D eigenvalue weighted by molar-refractivity contribution is 0.0253. The van der Waals surface area contributed by atoms with Gasteiger partial charge < -0.3 is 24.4 Å². The van der Waals surface area contributed by atoms with E-state index < -0.39 is 0 Å². The van der Waals surface area contributed by atoms with E-state index in [2.05, 4.69) is 49.3 Å². The Hall–Kier alpha value is -3.81. The van der Waals surface area contributed by atoms with Gasteiger partial charge in [0.15, 0.2) is 5.75 Å². The number of hydrogen-bond donors (Lipinski definition) is 1. The van der Waals surface area contributed by atoms with E-state index in [9.17, 15) is 5.26 Å². The van der Waals surface area contributed by atoms with E-state index in [0.29, 0.717) is 59.3 Å². The number of anilines is 2. The topological polar surface area (TPSA) is 118 Å². The molecule has 10 nitrogen and oxygen atoms in total. The molecule has 0 bridgehead atoms. The van der Waals surface area contributed by atoms with E-state index in [1.54, 1.807) is 25.4 Å². The van der Waals surface area contributed by atoms with Gasteiger partial charge in [0.25, 0.3) is 0 Å².